The van der Waals surface area contributed by atoms with Gasteiger partial charge in [0.25, 0.3) is 5.91 Å². The summed E-state index contributed by atoms with van der Waals surface area (Å²) >= 11 is 0. The van der Waals surface area contributed by atoms with Crippen molar-refractivity contribution in [1.82, 2.24) is 5.32 Å². The van der Waals surface area contributed by atoms with E-state index < -0.39 is 29.1 Å². The van der Waals surface area contributed by atoms with E-state index in [1.54, 1.807) is 0 Å². The summed E-state index contributed by atoms with van der Waals surface area (Å²) in [5.41, 5.74) is -0.842. The molecular formula is C13H11FN2O3. The fourth-order valence-electron chi connectivity index (χ4n) is 2.47. The van der Waals surface area contributed by atoms with Crippen LogP contribution in [0.25, 0.3) is 0 Å². The number of anilines is 1. The molecule has 0 atom stereocenters. The predicted molar refractivity (Wildman–Crippen MR) is 63.7 cm³/mol. The van der Waals surface area contributed by atoms with E-state index in [4.69, 9.17) is 0 Å². The Balaban J connectivity index is 2.00. The van der Waals surface area contributed by atoms with Gasteiger partial charge in [0.2, 0.25) is 5.91 Å². The zero-order valence-electron chi connectivity index (χ0n) is 9.98. The number of nitrogens with one attached hydrogen (secondary N) is 1. The van der Waals surface area contributed by atoms with E-state index >= 15 is 0 Å². The summed E-state index contributed by atoms with van der Waals surface area (Å²) < 4.78 is 12.9. The molecule has 98 valence electrons. The van der Waals surface area contributed by atoms with Gasteiger partial charge in [-0.1, -0.05) is 6.42 Å². The Morgan fingerprint density at radius 3 is 2.26 bits per heavy atom. The quantitative estimate of drug-likeness (QED) is 0.781. The number of nitrogens with zero attached hydrogens (tertiary/aromatic N) is 1. The molecule has 2 fully saturated rings. The van der Waals surface area contributed by atoms with Crippen molar-refractivity contribution < 1.29 is 18.8 Å². The molecule has 6 heteroatoms. The standard InChI is InChI=1S/C13H11FN2O3/c14-8-2-4-9(5-3-8)16-11(18)13(6-1-7-13)10(17)15-12(16)19/h2-5H,1,6-7H2,(H,15,17,19). The number of halogens is 1. The fourth-order valence-corrected chi connectivity index (χ4v) is 2.47. The SMILES string of the molecule is O=C1NC(=O)C2(CCC2)C(=O)N1c1ccc(F)cc1. The predicted octanol–water partition coefficient (Wildman–Crippen LogP) is 1.58. The third-order valence-electron chi connectivity index (χ3n) is 3.76. The van der Waals surface area contributed by atoms with Gasteiger partial charge >= 0.3 is 6.03 Å². The Bertz CT molecular complexity index is 578. The second-order valence-electron chi connectivity index (χ2n) is 4.81. The number of rotatable bonds is 1. The van der Waals surface area contributed by atoms with Crippen LogP contribution in [0.1, 0.15) is 19.3 Å². The van der Waals surface area contributed by atoms with Gasteiger partial charge in [-0.3, -0.25) is 14.9 Å². The van der Waals surface area contributed by atoms with Crippen molar-refractivity contribution in [2.75, 3.05) is 4.90 Å². The molecule has 2 aliphatic rings. The van der Waals surface area contributed by atoms with E-state index in [2.05, 4.69) is 5.32 Å². The van der Waals surface area contributed by atoms with Crippen molar-refractivity contribution in [2.24, 2.45) is 5.41 Å². The Morgan fingerprint density at radius 2 is 1.74 bits per heavy atom. The maximum absolute atomic E-state index is 12.9. The van der Waals surface area contributed by atoms with Crippen LogP contribution in [0.5, 0.6) is 0 Å². The molecule has 1 aliphatic carbocycles. The first-order valence-corrected chi connectivity index (χ1v) is 6.00. The van der Waals surface area contributed by atoms with Gasteiger partial charge in [0.05, 0.1) is 5.69 Å². The van der Waals surface area contributed by atoms with E-state index in [-0.39, 0.29) is 5.69 Å². The first-order valence-electron chi connectivity index (χ1n) is 6.00. The summed E-state index contributed by atoms with van der Waals surface area (Å²) in [7, 11) is 0. The van der Waals surface area contributed by atoms with Gasteiger partial charge in [-0.25, -0.2) is 14.1 Å². The molecule has 0 aromatic heterocycles. The monoisotopic (exact) mass is 262 g/mol. The zero-order valence-corrected chi connectivity index (χ0v) is 9.98. The maximum Gasteiger partial charge on any atom is 0.335 e. The minimum Gasteiger partial charge on any atom is -0.276 e. The average molecular weight is 262 g/mol. The van der Waals surface area contributed by atoms with Crippen LogP contribution in [0.2, 0.25) is 0 Å². The first kappa shape index (κ1) is 11.8. The van der Waals surface area contributed by atoms with Crippen molar-refractivity contribution in [3.8, 4) is 0 Å². The van der Waals surface area contributed by atoms with Crippen LogP contribution in [-0.4, -0.2) is 17.8 Å². The van der Waals surface area contributed by atoms with Crippen molar-refractivity contribution in [3.05, 3.63) is 30.1 Å². The van der Waals surface area contributed by atoms with Crippen LogP contribution in [0.15, 0.2) is 24.3 Å². The van der Waals surface area contributed by atoms with Gasteiger partial charge in [0.15, 0.2) is 0 Å². The largest absolute Gasteiger partial charge is 0.335 e. The number of hydrogen-bond donors (Lipinski definition) is 1. The zero-order chi connectivity index (χ0) is 13.6. The number of carbonyl (C=O) groups is 3. The molecule has 5 nitrogen and oxygen atoms in total. The van der Waals surface area contributed by atoms with Crippen LogP contribution in [0.4, 0.5) is 14.9 Å². The third kappa shape index (κ3) is 1.56. The van der Waals surface area contributed by atoms with Crippen molar-refractivity contribution in [3.63, 3.8) is 0 Å². The lowest BCUT2D eigenvalue weighted by atomic mass is 9.66. The average Bonchev–Trinajstić information content (AvgIpc) is 2.29. The molecule has 1 spiro atoms. The summed E-state index contributed by atoms with van der Waals surface area (Å²) in [5, 5.41) is 2.20. The Kier molecular flexibility index (Phi) is 2.41. The van der Waals surface area contributed by atoms with E-state index in [0.29, 0.717) is 12.8 Å². The molecule has 1 saturated heterocycles. The molecule has 0 bridgehead atoms. The highest BCUT2D eigenvalue weighted by Gasteiger charge is 2.57. The molecule has 1 saturated carbocycles. The van der Waals surface area contributed by atoms with Crippen LogP contribution in [0, 0.1) is 11.2 Å². The minimum absolute atomic E-state index is 0.266. The van der Waals surface area contributed by atoms with Crippen LogP contribution < -0.4 is 10.2 Å². The number of benzene rings is 1. The van der Waals surface area contributed by atoms with Gasteiger partial charge in [-0.15, -0.1) is 0 Å². The van der Waals surface area contributed by atoms with E-state index in [9.17, 15) is 18.8 Å². The number of amides is 4. The number of imide groups is 2. The highest BCUT2D eigenvalue weighted by molar-refractivity contribution is 6.30. The Hall–Kier alpha value is -2.24. The van der Waals surface area contributed by atoms with Gasteiger partial charge in [-0.05, 0) is 37.1 Å². The molecule has 3 rings (SSSR count). The molecule has 1 N–H and O–H groups in total. The highest BCUT2D eigenvalue weighted by Crippen LogP contribution is 2.45. The first-order chi connectivity index (χ1) is 9.04. The van der Waals surface area contributed by atoms with Crippen LogP contribution in [0.3, 0.4) is 0 Å². The summed E-state index contributed by atoms with van der Waals surface area (Å²) in [6.45, 7) is 0. The lowest BCUT2D eigenvalue weighted by molar-refractivity contribution is -0.148. The van der Waals surface area contributed by atoms with Gasteiger partial charge in [0, 0.05) is 0 Å². The lowest BCUT2D eigenvalue weighted by Crippen LogP contribution is -2.66. The van der Waals surface area contributed by atoms with Crippen molar-refractivity contribution >= 4 is 23.5 Å². The summed E-state index contributed by atoms with van der Waals surface area (Å²) in [6.07, 6.45) is 1.68. The second kappa shape index (κ2) is 3.88. The number of hydrogen-bond acceptors (Lipinski definition) is 3. The maximum atomic E-state index is 12.9. The normalized spacial score (nSPS) is 21.3. The summed E-state index contributed by atoms with van der Waals surface area (Å²) in [4.78, 5) is 36.9. The Labute approximate surface area is 108 Å². The fraction of sp³-hybridized carbons (Fsp3) is 0.308. The molecular weight excluding hydrogens is 251 g/mol. The third-order valence-corrected chi connectivity index (χ3v) is 3.76. The molecule has 19 heavy (non-hydrogen) atoms. The molecule has 1 heterocycles. The molecule has 0 unspecified atom stereocenters. The van der Waals surface area contributed by atoms with Gasteiger partial charge in [-0.2, -0.15) is 0 Å². The van der Waals surface area contributed by atoms with E-state index in [0.717, 1.165) is 11.3 Å². The Morgan fingerprint density at radius 1 is 1.11 bits per heavy atom. The number of urea groups is 1. The molecule has 1 aliphatic heterocycles. The van der Waals surface area contributed by atoms with Crippen molar-refractivity contribution in [1.29, 1.82) is 0 Å². The molecule has 1 aromatic carbocycles. The molecule has 1 aromatic rings. The second-order valence-corrected chi connectivity index (χ2v) is 4.81. The highest BCUT2D eigenvalue weighted by atomic mass is 19.1. The van der Waals surface area contributed by atoms with Crippen molar-refractivity contribution in [2.45, 2.75) is 19.3 Å². The molecule has 0 radical (unpaired) electrons. The minimum atomic E-state index is -1.11. The molecule has 4 amide bonds. The smallest absolute Gasteiger partial charge is 0.276 e. The van der Waals surface area contributed by atoms with E-state index in [1.807, 2.05) is 0 Å². The number of barbiturate groups is 1. The van der Waals surface area contributed by atoms with Gasteiger partial charge < -0.3 is 0 Å². The number of carbonyl (C=O) groups excluding carboxylic acids is 3. The van der Waals surface area contributed by atoms with Crippen LogP contribution in [-0.2, 0) is 9.59 Å². The van der Waals surface area contributed by atoms with E-state index in [1.165, 1.54) is 24.3 Å². The van der Waals surface area contributed by atoms with Gasteiger partial charge in [0.1, 0.15) is 11.2 Å². The summed E-state index contributed by atoms with van der Waals surface area (Å²) in [6, 6.07) is 4.24. The lowest BCUT2D eigenvalue weighted by Gasteiger charge is -2.44. The van der Waals surface area contributed by atoms with Crippen LogP contribution >= 0.6 is 0 Å². The summed E-state index contributed by atoms with van der Waals surface area (Å²) in [5.74, 6) is -1.49. The topological polar surface area (TPSA) is 66.5 Å².